The highest BCUT2D eigenvalue weighted by Crippen LogP contribution is 2.42. The largest absolute Gasteiger partial charge is 0.478 e. The third-order valence-corrected chi connectivity index (χ3v) is 8.46. The molecule has 4 aromatic rings. The van der Waals surface area contributed by atoms with Gasteiger partial charge in [0.15, 0.2) is 5.69 Å². The van der Waals surface area contributed by atoms with Crippen LogP contribution in [0.2, 0.25) is 0 Å². The Balaban J connectivity index is 1.29. The third-order valence-electron chi connectivity index (χ3n) is 8.46. The van der Waals surface area contributed by atoms with E-state index in [-0.39, 0.29) is 41.0 Å². The van der Waals surface area contributed by atoms with Gasteiger partial charge >= 0.3 is 12.1 Å². The topological polar surface area (TPSA) is 147 Å². The summed E-state index contributed by atoms with van der Waals surface area (Å²) in [6, 6.07) is 20.0. The van der Waals surface area contributed by atoms with Crippen molar-refractivity contribution in [1.82, 2.24) is 19.9 Å². The number of aromatic nitrogens is 2. The fourth-order valence-corrected chi connectivity index (χ4v) is 5.71. The first-order valence-corrected chi connectivity index (χ1v) is 16.0. The van der Waals surface area contributed by atoms with Crippen LogP contribution in [0.25, 0.3) is 33.4 Å². The lowest BCUT2D eigenvalue weighted by atomic mass is 9.89. The number of alkyl halides is 3. The van der Waals surface area contributed by atoms with Gasteiger partial charge in [-0.25, -0.2) is 18.7 Å². The van der Waals surface area contributed by atoms with E-state index in [0.29, 0.717) is 33.9 Å². The summed E-state index contributed by atoms with van der Waals surface area (Å²) in [5.74, 6) is -3.04. The first-order valence-electron chi connectivity index (χ1n) is 16.0. The predicted octanol–water partition coefficient (Wildman–Crippen LogP) is 6.04. The average Bonchev–Trinajstić information content (AvgIpc) is 3.11. The van der Waals surface area contributed by atoms with Crippen LogP contribution in [0.15, 0.2) is 83.3 Å². The lowest BCUT2D eigenvalue weighted by Crippen LogP contribution is -2.23. The van der Waals surface area contributed by atoms with Crippen molar-refractivity contribution in [3.63, 3.8) is 0 Å². The number of fused-ring (bicyclic) bond motifs is 2. The molecule has 4 N–H and O–H groups in total. The van der Waals surface area contributed by atoms with Crippen molar-refractivity contribution in [1.29, 1.82) is 0 Å². The van der Waals surface area contributed by atoms with E-state index in [1.807, 2.05) is 74.1 Å². The molecule has 6 rings (SSSR count). The Kier molecular flexibility index (Phi) is 9.76. The summed E-state index contributed by atoms with van der Waals surface area (Å²) >= 11 is 0. The van der Waals surface area contributed by atoms with E-state index in [1.165, 1.54) is 30.3 Å². The van der Waals surface area contributed by atoms with Crippen molar-refractivity contribution < 1.29 is 41.4 Å². The number of nitrogens with one attached hydrogen (secondary N) is 1. The number of nitrogens with zero attached hydrogens (tertiary/aromatic N) is 4. The fraction of sp³-hybridized carbons (Fsp3) is 0.184. The number of carbonyl (C=O) groups is 2. The average molecular weight is 730 g/mol. The van der Waals surface area contributed by atoms with E-state index in [2.05, 4.69) is 15.3 Å². The second-order valence-corrected chi connectivity index (χ2v) is 12.5. The molecule has 2 aliphatic rings. The van der Waals surface area contributed by atoms with Crippen LogP contribution in [0.4, 0.5) is 29.2 Å². The molecule has 0 saturated heterocycles. The number of hydrogen-bond donors (Lipinski definition) is 3. The van der Waals surface area contributed by atoms with Gasteiger partial charge in [-0.05, 0) is 53.6 Å². The minimum atomic E-state index is -4.76. The highest BCUT2D eigenvalue weighted by atomic mass is 19.4. The van der Waals surface area contributed by atoms with E-state index in [9.17, 15) is 27.9 Å². The zero-order valence-electron chi connectivity index (χ0n) is 28.9. The number of carboxylic acids is 1. The fourth-order valence-electron chi connectivity index (χ4n) is 5.71. The maximum absolute atomic E-state index is 15.1. The summed E-state index contributed by atoms with van der Waals surface area (Å²) in [6.45, 7) is -0.547. The summed E-state index contributed by atoms with van der Waals surface area (Å²) in [7, 11) is 7.57. The Bertz CT molecular complexity index is 2440. The molecular weight excluding hydrogens is 696 g/mol. The summed E-state index contributed by atoms with van der Waals surface area (Å²) in [4.78, 5) is 34.7. The molecule has 3 aromatic carbocycles. The van der Waals surface area contributed by atoms with Gasteiger partial charge in [-0.3, -0.25) is 4.79 Å². The molecule has 1 aliphatic heterocycles. The van der Waals surface area contributed by atoms with E-state index in [1.54, 1.807) is 0 Å². The van der Waals surface area contributed by atoms with E-state index < -0.39 is 41.4 Å². The highest BCUT2D eigenvalue weighted by Gasteiger charge is 2.34. The molecule has 0 atom stereocenters. The number of nitrogen functional groups attached to an aromatic ring is 1. The molecule has 0 radical (unpaired) electrons. The van der Waals surface area contributed by atoms with Crippen LogP contribution in [0.1, 0.15) is 37.5 Å². The van der Waals surface area contributed by atoms with Gasteiger partial charge in [0.05, 0.1) is 11.6 Å². The lowest BCUT2D eigenvalue weighted by Gasteiger charge is -2.19. The van der Waals surface area contributed by atoms with Crippen molar-refractivity contribution >= 4 is 34.5 Å². The second kappa shape index (κ2) is 14.3. The Morgan fingerprint density at radius 3 is 2.42 bits per heavy atom. The number of benzene rings is 4. The summed E-state index contributed by atoms with van der Waals surface area (Å²) in [5.41, 5.74) is 7.45. The highest BCUT2D eigenvalue weighted by molar-refractivity contribution is 6.09. The number of aromatic carboxylic acids is 1. The number of halogens is 4. The number of carboxylic acid groups (broad SMARTS) is 1. The first-order chi connectivity index (χ1) is 25.1. The minimum Gasteiger partial charge on any atom is -0.478 e. The Morgan fingerprint density at radius 2 is 1.74 bits per heavy atom. The molecule has 272 valence electrons. The summed E-state index contributed by atoms with van der Waals surface area (Å²) in [5, 5.41) is 14.4. The molecule has 15 heteroatoms. The van der Waals surface area contributed by atoms with E-state index >= 15 is 4.39 Å². The van der Waals surface area contributed by atoms with Gasteiger partial charge < -0.3 is 30.2 Å². The van der Waals surface area contributed by atoms with Crippen LogP contribution in [-0.2, 0) is 19.3 Å². The van der Waals surface area contributed by atoms with Gasteiger partial charge in [-0.1, -0.05) is 12.1 Å². The van der Waals surface area contributed by atoms with Gasteiger partial charge in [0, 0.05) is 72.2 Å². The number of hydrogen-bond acceptors (Lipinski definition) is 8. The molecule has 0 fully saturated rings. The molecule has 0 saturated carbocycles. The van der Waals surface area contributed by atoms with Crippen molar-refractivity contribution in [2.75, 3.05) is 38.8 Å². The third kappa shape index (κ3) is 7.73. The second-order valence-electron chi connectivity index (χ2n) is 12.5. The molecular formula is C38H33F4N6O5+. The first kappa shape index (κ1) is 36.3. The van der Waals surface area contributed by atoms with Crippen LogP contribution in [0.5, 0.6) is 5.88 Å². The Labute approximate surface area is 299 Å². The van der Waals surface area contributed by atoms with Crippen molar-refractivity contribution in [3.05, 3.63) is 118 Å². The standard InChI is InChI=1S/C38H32F4N6O5/c1-47(2)23-8-11-26-30(15-23)53-31-16-24(48(3)4)9-12-27(31)34(26)28-14-21(7-10-25(28)36(50)51)35(49)44-18-22-6-5-20(13-29(22)39)19-52-33-17-32(38(40,41)42)45-37(43)46-33/h5-17H,18-19H2,1-4H3,(H3-,43,44,45,46,49,50,51)/p+1. The maximum Gasteiger partial charge on any atom is 0.433 e. The van der Waals surface area contributed by atoms with Crippen LogP contribution in [-0.4, -0.2) is 55.1 Å². The number of ether oxygens (including phenoxy) is 1. The normalized spacial score (nSPS) is 11.5. The van der Waals surface area contributed by atoms with Gasteiger partial charge in [0.1, 0.15) is 37.9 Å². The molecule has 1 amide bonds. The predicted molar refractivity (Wildman–Crippen MR) is 190 cm³/mol. The van der Waals surface area contributed by atoms with Crippen LogP contribution in [0.3, 0.4) is 0 Å². The molecule has 2 heterocycles. The summed E-state index contributed by atoms with van der Waals surface area (Å²) < 4.78 is 67.9. The van der Waals surface area contributed by atoms with Crippen LogP contribution < -0.4 is 30.6 Å². The van der Waals surface area contributed by atoms with Gasteiger partial charge in [0.2, 0.25) is 17.2 Å². The van der Waals surface area contributed by atoms with Crippen molar-refractivity contribution in [2.45, 2.75) is 19.3 Å². The Hall–Kier alpha value is -6.51. The quantitative estimate of drug-likeness (QED) is 0.0921. The molecule has 0 unspecified atom stereocenters. The summed E-state index contributed by atoms with van der Waals surface area (Å²) in [6.07, 6.45) is -4.76. The SMILES string of the molecule is CN(C)c1ccc2c(-c3cc(C(=O)NCc4ccc(COc5cc(C(F)(F)F)nc(N)n5)cc4F)ccc3C(=O)O)c3ccc(=[N+](C)C)cc-3oc2c1. The van der Waals surface area contributed by atoms with Gasteiger partial charge in [-0.2, -0.15) is 18.2 Å². The minimum absolute atomic E-state index is 0.0353. The molecule has 1 aromatic heterocycles. The van der Waals surface area contributed by atoms with Gasteiger partial charge in [-0.15, -0.1) is 0 Å². The molecule has 53 heavy (non-hydrogen) atoms. The van der Waals surface area contributed by atoms with E-state index in [0.717, 1.165) is 17.1 Å². The number of nitrogens with two attached hydrogens (primary N) is 1. The number of rotatable bonds is 9. The van der Waals surface area contributed by atoms with E-state index in [4.69, 9.17) is 14.9 Å². The van der Waals surface area contributed by atoms with Crippen LogP contribution >= 0.6 is 0 Å². The monoisotopic (exact) mass is 729 g/mol. The zero-order valence-corrected chi connectivity index (χ0v) is 28.9. The number of anilines is 2. The number of carbonyl (C=O) groups excluding carboxylic acids is 1. The molecule has 1 aliphatic carbocycles. The maximum atomic E-state index is 15.1. The van der Waals surface area contributed by atoms with Crippen molar-refractivity contribution in [2.24, 2.45) is 0 Å². The lowest BCUT2D eigenvalue weighted by molar-refractivity contribution is -0.141. The molecule has 0 spiro atoms. The zero-order chi connectivity index (χ0) is 38.2. The van der Waals surface area contributed by atoms with Gasteiger partial charge in [0.25, 0.3) is 5.91 Å². The van der Waals surface area contributed by atoms with Crippen molar-refractivity contribution in [3.8, 4) is 28.3 Å². The van der Waals surface area contributed by atoms with Crippen LogP contribution in [0, 0.1) is 5.82 Å². The molecule has 0 bridgehead atoms. The number of amides is 1. The molecule has 11 nitrogen and oxygen atoms in total. The Morgan fingerprint density at radius 1 is 0.962 bits per heavy atom. The smallest absolute Gasteiger partial charge is 0.433 e.